The fourth-order valence-electron chi connectivity index (χ4n) is 2.71. The van der Waals surface area contributed by atoms with Gasteiger partial charge in [0.25, 0.3) is 0 Å². The van der Waals surface area contributed by atoms with E-state index in [9.17, 15) is 9.90 Å². The first-order chi connectivity index (χ1) is 10.1. The molecule has 21 heavy (non-hydrogen) atoms. The summed E-state index contributed by atoms with van der Waals surface area (Å²) in [6.45, 7) is 4.54. The molecule has 1 aliphatic heterocycles. The number of hydrogen-bond donors (Lipinski definition) is 1. The van der Waals surface area contributed by atoms with Gasteiger partial charge in [-0.2, -0.15) is 0 Å². The summed E-state index contributed by atoms with van der Waals surface area (Å²) < 4.78 is 5.65. The summed E-state index contributed by atoms with van der Waals surface area (Å²) in [6.07, 6.45) is 1.15. The lowest BCUT2D eigenvalue weighted by Crippen LogP contribution is -2.30. The van der Waals surface area contributed by atoms with Gasteiger partial charge in [-0.05, 0) is 37.6 Å². The number of carboxylic acids is 1. The molecule has 0 spiro atoms. The van der Waals surface area contributed by atoms with Crippen molar-refractivity contribution < 1.29 is 14.6 Å². The zero-order valence-corrected chi connectivity index (χ0v) is 12.0. The van der Waals surface area contributed by atoms with Crippen LogP contribution in [0.3, 0.4) is 0 Å². The normalized spacial score (nSPS) is 19.5. The molecule has 0 aliphatic carbocycles. The predicted octanol–water partition coefficient (Wildman–Crippen LogP) is 2.55. The van der Waals surface area contributed by atoms with Crippen molar-refractivity contribution in [1.29, 1.82) is 0 Å². The van der Waals surface area contributed by atoms with Gasteiger partial charge in [0.2, 0.25) is 0 Å². The van der Waals surface area contributed by atoms with Crippen LogP contribution in [0.1, 0.15) is 23.7 Å². The van der Waals surface area contributed by atoms with Crippen molar-refractivity contribution in [2.45, 2.75) is 19.4 Å². The van der Waals surface area contributed by atoms with Crippen LogP contribution in [-0.2, 0) is 4.74 Å². The van der Waals surface area contributed by atoms with Crippen molar-refractivity contribution in [3.63, 3.8) is 0 Å². The van der Waals surface area contributed by atoms with Gasteiger partial charge in [0.15, 0.2) is 0 Å². The topological polar surface area (TPSA) is 62.7 Å². The van der Waals surface area contributed by atoms with Gasteiger partial charge in [-0.15, -0.1) is 0 Å². The Kier molecular flexibility index (Phi) is 3.75. The monoisotopic (exact) mass is 286 g/mol. The van der Waals surface area contributed by atoms with E-state index in [1.54, 1.807) is 12.1 Å². The third-order valence-corrected chi connectivity index (χ3v) is 3.72. The molecule has 0 radical (unpaired) electrons. The van der Waals surface area contributed by atoms with Gasteiger partial charge in [0.1, 0.15) is 5.82 Å². The van der Waals surface area contributed by atoms with Crippen LogP contribution in [0, 0.1) is 0 Å². The van der Waals surface area contributed by atoms with Crippen LogP contribution in [0.15, 0.2) is 30.3 Å². The van der Waals surface area contributed by atoms with Crippen LogP contribution < -0.4 is 4.90 Å². The predicted molar refractivity (Wildman–Crippen MR) is 80.9 cm³/mol. The number of rotatable bonds is 2. The molecule has 1 saturated heterocycles. The molecule has 2 aromatic rings. The second-order valence-electron chi connectivity index (χ2n) is 5.33. The average Bonchev–Trinajstić information content (AvgIpc) is 2.70. The maximum atomic E-state index is 11.2. The first-order valence-corrected chi connectivity index (χ1v) is 7.15. The van der Waals surface area contributed by atoms with Gasteiger partial charge in [-0.25, -0.2) is 9.78 Å². The summed E-state index contributed by atoms with van der Waals surface area (Å²) >= 11 is 0. The molecular weight excluding hydrogens is 268 g/mol. The molecule has 1 fully saturated rings. The third-order valence-electron chi connectivity index (χ3n) is 3.72. The SMILES string of the molecule is CC1CN(c2ccc3c(C(=O)O)cccc3n2)CCCO1. The highest BCUT2D eigenvalue weighted by Gasteiger charge is 2.17. The van der Waals surface area contributed by atoms with E-state index in [1.807, 2.05) is 18.2 Å². The van der Waals surface area contributed by atoms with Gasteiger partial charge in [-0.1, -0.05) is 6.07 Å². The molecule has 0 bridgehead atoms. The minimum Gasteiger partial charge on any atom is -0.478 e. The molecule has 2 heterocycles. The number of hydrogen-bond acceptors (Lipinski definition) is 4. The first kappa shape index (κ1) is 13.8. The number of anilines is 1. The molecule has 1 atom stereocenters. The van der Waals surface area contributed by atoms with Gasteiger partial charge in [0, 0.05) is 25.1 Å². The van der Waals surface area contributed by atoms with Crippen LogP contribution in [0.5, 0.6) is 0 Å². The summed E-state index contributed by atoms with van der Waals surface area (Å²) in [4.78, 5) is 18.1. The molecule has 1 N–H and O–H groups in total. The van der Waals surface area contributed by atoms with Crippen molar-refractivity contribution in [2.24, 2.45) is 0 Å². The molecule has 1 aliphatic rings. The Hall–Kier alpha value is -2.14. The van der Waals surface area contributed by atoms with E-state index < -0.39 is 5.97 Å². The van der Waals surface area contributed by atoms with Gasteiger partial charge < -0.3 is 14.7 Å². The Morgan fingerprint density at radius 2 is 2.24 bits per heavy atom. The number of nitrogens with zero attached hydrogens (tertiary/aromatic N) is 2. The molecule has 0 saturated carbocycles. The average molecular weight is 286 g/mol. The Labute approximate surface area is 123 Å². The fraction of sp³-hybridized carbons (Fsp3) is 0.375. The summed E-state index contributed by atoms with van der Waals surface area (Å²) in [5.74, 6) is -0.0469. The van der Waals surface area contributed by atoms with Crippen molar-refractivity contribution in [3.8, 4) is 0 Å². The lowest BCUT2D eigenvalue weighted by molar-refractivity contribution is 0.0699. The molecule has 0 amide bonds. The highest BCUT2D eigenvalue weighted by atomic mass is 16.5. The minimum absolute atomic E-state index is 0.176. The molecule has 5 nitrogen and oxygen atoms in total. The van der Waals surface area contributed by atoms with Crippen LogP contribution in [0.4, 0.5) is 5.82 Å². The van der Waals surface area contributed by atoms with E-state index >= 15 is 0 Å². The van der Waals surface area contributed by atoms with Gasteiger partial charge in [-0.3, -0.25) is 0 Å². The van der Waals surface area contributed by atoms with E-state index in [1.165, 1.54) is 0 Å². The zero-order valence-electron chi connectivity index (χ0n) is 12.0. The maximum absolute atomic E-state index is 11.2. The number of fused-ring (bicyclic) bond motifs is 1. The number of carbonyl (C=O) groups is 1. The lowest BCUT2D eigenvalue weighted by atomic mass is 10.1. The highest BCUT2D eigenvalue weighted by Crippen LogP contribution is 2.22. The van der Waals surface area contributed by atoms with Crippen LogP contribution >= 0.6 is 0 Å². The van der Waals surface area contributed by atoms with Crippen molar-refractivity contribution in [1.82, 2.24) is 4.98 Å². The fourth-order valence-corrected chi connectivity index (χ4v) is 2.71. The number of aromatic carboxylic acids is 1. The molecular formula is C16H18N2O3. The van der Waals surface area contributed by atoms with Gasteiger partial charge >= 0.3 is 5.97 Å². The van der Waals surface area contributed by atoms with E-state index in [4.69, 9.17) is 4.74 Å². The molecule has 3 rings (SSSR count). The van der Waals surface area contributed by atoms with Crippen LogP contribution in [0.2, 0.25) is 0 Å². The third kappa shape index (κ3) is 2.83. The number of ether oxygens (including phenoxy) is 1. The minimum atomic E-state index is -0.924. The second kappa shape index (κ2) is 5.69. The highest BCUT2D eigenvalue weighted by molar-refractivity contribution is 6.02. The first-order valence-electron chi connectivity index (χ1n) is 7.15. The Bertz CT molecular complexity index is 672. The maximum Gasteiger partial charge on any atom is 0.336 e. The van der Waals surface area contributed by atoms with E-state index in [-0.39, 0.29) is 6.10 Å². The quantitative estimate of drug-likeness (QED) is 0.919. The number of aromatic nitrogens is 1. The van der Waals surface area contributed by atoms with Crippen molar-refractivity contribution in [2.75, 3.05) is 24.6 Å². The Balaban J connectivity index is 1.99. The summed E-state index contributed by atoms with van der Waals surface area (Å²) in [5, 5.41) is 9.89. The molecule has 1 aromatic heterocycles. The van der Waals surface area contributed by atoms with Gasteiger partial charge in [0.05, 0.1) is 17.2 Å². The number of benzene rings is 1. The number of pyridine rings is 1. The summed E-state index contributed by atoms with van der Waals surface area (Å²) in [7, 11) is 0. The Morgan fingerprint density at radius 3 is 3.05 bits per heavy atom. The van der Waals surface area contributed by atoms with Crippen molar-refractivity contribution >= 4 is 22.7 Å². The standard InChI is InChI=1S/C16H18N2O3/c1-11-10-18(8-3-9-21-11)15-7-6-12-13(16(19)20)4-2-5-14(12)17-15/h2,4-7,11H,3,8-10H2,1H3,(H,19,20). The van der Waals surface area contributed by atoms with Crippen LogP contribution in [0.25, 0.3) is 10.9 Å². The molecule has 1 unspecified atom stereocenters. The van der Waals surface area contributed by atoms with Crippen molar-refractivity contribution in [3.05, 3.63) is 35.9 Å². The largest absolute Gasteiger partial charge is 0.478 e. The lowest BCUT2D eigenvalue weighted by Gasteiger charge is -2.23. The second-order valence-corrected chi connectivity index (χ2v) is 5.33. The molecule has 1 aromatic carbocycles. The van der Waals surface area contributed by atoms with E-state index in [2.05, 4.69) is 16.8 Å². The summed E-state index contributed by atoms with van der Waals surface area (Å²) in [6, 6.07) is 8.93. The number of carboxylic acid groups (broad SMARTS) is 1. The Morgan fingerprint density at radius 1 is 1.38 bits per heavy atom. The van der Waals surface area contributed by atoms with E-state index in [0.717, 1.165) is 31.9 Å². The smallest absolute Gasteiger partial charge is 0.336 e. The zero-order chi connectivity index (χ0) is 14.8. The molecule has 5 heteroatoms. The van der Waals surface area contributed by atoms with E-state index in [0.29, 0.717) is 16.5 Å². The van der Waals surface area contributed by atoms with Crippen LogP contribution in [-0.4, -0.2) is 41.9 Å². The molecule has 110 valence electrons. The summed E-state index contributed by atoms with van der Waals surface area (Å²) in [5.41, 5.74) is 1.00.